The molecule has 0 aliphatic heterocycles. The lowest BCUT2D eigenvalue weighted by molar-refractivity contribution is -0.120. The molecule has 0 fully saturated rings. The molecule has 0 unspecified atom stereocenters. The number of carbonyl (C=O) groups is 1. The van der Waals surface area contributed by atoms with Gasteiger partial charge in [-0.25, -0.2) is 0 Å². The third-order valence-corrected chi connectivity index (χ3v) is 3.85. The van der Waals surface area contributed by atoms with E-state index in [1.54, 1.807) is 6.07 Å². The molecule has 2 rings (SSSR count). The lowest BCUT2D eigenvalue weighted by Crippen LogP contribution is -2.34. The summed E-state index contributed by atoms with van der Waals surface area (Å²) in [5.41, 5.74) is 0.821. The summed E-state index contributed by atoms with van der Waals surface area (Å²) in [6, 6.07) is 14.8. The lowest BCUT2D eigenvalue weighted by atomic mass is 9.83. The number of benzene rings is 2. The van der Waals surface area contributed by atoms with Gasteiger partial charge in [0.05, 0.1) is 17.2 Å². The van der Waals surface area contributed by atoms with E-state index in [4.69, 9.17) is 16.3 Å². The second-order valence-corrected chi connectivity index (χ2v) is 6.69. The van der Waals surface area contributed by atoms with Crippen LogP contribution in [0, 0.1) is 0 Å². The van der Waals surface area contributed by atoms with Gasteiger partial charge in [0, 0.05) is 5.02 Å². The Labute approximate surface area is 142 Å². The summed E-state index contributed by atoms with van der Waals surface area (Å²) in [4.78, 5) is 12.8. The molecule has 0 bridgehead atoms. The third kappa shape index (κ3) is 4.26. The third-order valence-electron chi connectivity index (χ3n) is 3.61. The average Bonchev–Trinajstić information content (AvgIpc) is 2.48. The minimum absolute atomic E-state index is 0.0361. The first-order chi connectivity index (χ1) is 10.8. The first-order valence-electron chi connectivity index (χ1n) is 7.64. The van der Waals surface area contributed by atoms with Gasteiger partial charge in [-0.15, -0.1) is 0 Å². The molecule has 1 amide bonds. The summed E-state index contributed by atoms with van der Waals surface area (Å²) >= 11 is 6.05. The van der Waals surface area contributed by atoms with Crippen molar-refractivity contribution < 1.29 is 9.53 Å². The van der Waals surface area contributed by atoms with E-state index in [1.807, 2.05) is 70.2 Å². The molecule has 23 heavy (non-hydrogen) atoms. The molecular weight excluding hydrogens is 310 g/mol. The molecule has 0 saturated heterocycles. The molecule has 1 N–H and O–H groups in total. The van der Waals surface area contributed by atoms with E-state index in [-0.39, 0.29) is 12.0 Å². The van der Waals surface area contributed by atoms with Crippen molar-refractivity contribution in [1.82, 2.24) is 0 Å². The maximum atomic E-state index is 12.8. The molecule has 3 nitrogen and oxygen atoms in total. The Morgan fingerprint density at radius 3 is 2.48 bits per heavy atom. The zero-order chi connectivity index (χ0) is 17.0. The molecule has 2 aromatic carbocycles. The maximum Gasteiger partial charge on any atom is 0.234 e. The van der Waals surface area contributed by atoms with Gasteiger partial charge in [-0.05, 0) is 57.5 Å². The van der Waals surface area contributed by atoms with Crippen LogP contribution in [0.15, 0.2) is 48.5 Å². The highest BCUT2D eigenvalue weighted by Crippen LogP contribution is 2.30. The normalized spacial score (nSPS) is 11.4. The highest BCUT2D eigenvalue weighted by Gasteiger charge is 2.30. The van der Waals surface area contributed by atoms with E-state index in [1.165, 1.54) is 0 Å². The molecule has 0 aliphatic rings. The standard InChI is InChI=1S/C19H22ClNO2/c1-13(2)23-17-11-6-5-10-16(17)21-18(22)19(3,4)14-8-7-9-15(20)12-14/h5-13H,1-4H3,(H,21,22). The van der Waals surface area contributed by atoms with E-state index >= 15 is 0 Å². The van der Waals surface area contributed by atoms with Crippen LogP contribution in [-0.2, 0) is 10.2 Å². The van der Waals surface area contributed by atoms with Crippen LogP contribution >= 0.6 is 11.6 Å². The van der Waals surface area contributed by atoms with Crippen LogP contribution in [0.1, 0.15) is 33.3 Å². The Balaban J connectivity index is 2.25. The average molecular weight is 332 g/mol. The number of anilines is 1. The number of carbonyl (C=O) groups excluding carboxylic acids is 1. The number of para-hydroxylation sites is 2. The molecule has 0 saturated carbocycles. The Hall–Kier alpha value is -2.00. The van der Waals surface area contributed by atoms with Crippen molar-refractivity contribution in [2.45, 2.75) is 39.2 Å². The Morgan fingerprint density at radius 1 is 1.13 bits per heavy atom. The Kier molecular flexibility index (Phi) is 5.32. The predicted octanol–water partition coefficient (Wildman–Crippen LogP) is 5.04. The molecule has 0 heterocycles. The quantitative estimate of drug-likeness (QED) is 0.833. The fourth-order valence-corrected chi connectivity index (χ4v) is 2.40. The van der Waals surface area contributed by atoms with E-state index in [0.29, 0.717) is 16.5 Å². The largest absolute Gasteiger partial charge is 0.489 e. The van der Waals surface area contributed by atoms with Crippen LogP contribution in [0.2, 0.25) is 5.02 Å². The molecule has 2 aromatic rings. The molecule has 122 valence electrons. The van der Waals surface area contributed by atoms with Crippen LogP contribution < -0.4 is 10.1 Å². The molecule has 0 radical (unpaired) electrons. The number of halogens is 1. The molecular formula is C19H22ClNO2. The van der Waals surface area contributed by atoms with Crippen molar-refractivity contribution in [2.24, 2.45) is 0 Å². The Bertz CT molecular complexity index is 695. The maximum absolute atomic E-state index is 12.8. The fraction of sp³-hybridized carbons (Fsp3) is 0.316. The SMILES string of the molecule is CC(C)Oc1ccccc1NC(=O)C(C)(C)c1cccc(Cl)c1. The number of amides is 1. The summed E-state index contributed by atoms with van der Waals surface area (Å²) in [6.45, 7) is 7.66. The smallest absolute Gasteiger partial charge is 0.234 e. The number of nitrogens with one attached hydrogen (secondary N) is 1. The zero-order valence-corrected chi connectivity index (χ0v) is 14.6. The highest BCUT2D eigenvalue weighted by atomic mass is 35.5. The van der Waals surface area contributed by atoms with Gasteiger partial charge in [0.1, 0.15) is 5.75 Å². The number of hydrogen-bond acceptors (Lipinski definition) is 2. The summed E-state index contributed by atoms with van der Waals surface area (Å²) in [6.07, 6.45) is 0.0361. The van der Waals surface area contributed by atoms with Gasteiger partial charge in [-0.2, -0.15) is 0 Å². The molecule has 0 spiro atoms. The van der Waals surface area contributed by atoms with Crippen molar-refractivity contribution in [3.8, 4) is 5.75 Å². The van der Waals surface area contributed by atoms with Gasteiger partial charge in [0.25, 0.3) is 0 Å². The molecule has 0 aliphatic carbocycles. The van der Waals surface area contributed by atoms with Crippen molar-refractivity contribution >= 4 is 23.2 Å². The zero-order valence-electron chi connectivity index (χ0n) is 13.9. The lowest BCUT2D eigenvalue weighted by Gasteiger charge is -2.25. The van der Waals surface area contributed by atoms with E-state index in [2.05, 4.69) is 5.32 Å². The molecule has 0 aromatic heterocycles. The topological polar surface area (TPSA) is 38.3 Å². The van der Waals surface area contributed by atoms with Gasteiger partial charge in [-0.3, -0.25) is 4.79 Å². The van der Waals surface area contributed by atoms with Crippen LogP contribution in [0.3, 0.4) is 0 Å². The van der Waals surface area contributed by atoms with E-state index in [0.717, 1.165) is 5.56 Å². The fourth-order valence-electron chi connectivity index (χ4n) is 2.21. The van der Waals surface area contributed by atoms with Gasteiger partial charge in [0.15, 0.2) is 0 Å². The first-order valence-corrected chi connectivity index (χ1v) is 8.01. The van der Waals surface area contributed by atoms with Crippen LogP contribution in [-0.4, -0.2) is 12.0 Å². The number of ether oxygens (including phenoxy) is 1. The molecule has 4 heteroatoms. The predicted molar refractivity (Wildman–Crippen MR) is 95.3 cm³/mol. The first kappa shape index (κ1) is 17.4. The van der Waals surface area contributed by atoms with Crippen LogP contribution in [0.5, 0.6) is 5.75 Å². The summed E-state index contributed by atoms with van der Waals surface area (Å²) in [5.74, 6) is 0.553. The van der Waals surface area contributed by atoms with Gasteiger partial charge < -0.3 is 10.1 Å². The number of hydrogen-bond donors (Lipinski definition) is 1. The van der Waals surface area contributed by atoms with Crippen molar-refractivity contribution in [3.63, 3.8) is 0 Å². The van der Waals surface area contributed by atoms with E-state index < -0.39 is 5.41 Å². The highest BCUT2D eigenvalue weighted by molar-refractivity contribution is 6.30. The van der Waals surface area contributed by atoms with Gasteiger partial charge in [-0.1, -0.05) is 35.9 Å². The van der Waals surface area contributed by atoms with Gasteiger partial charge in [0.2, 0.25) is 5.91 Å². The summed E-state index contributed by atoms with van der Waals surface area (Å²) < 4.78 is 5.75. The summed E-state index contributed by atoms with van der Waals surface area (Å²) in [5, 5.41) is 3.58. The van der Waals surface area contributed by atoms with E-state index in [9.17, 15) is 4.79 Å². The second kappa shape index (κ2) is 7.05. The summed E-state index contributed by atoms with van der Waals surface area (Å²) in [7, 11) is 0. The minimum Gasteiger partial charge on any atom is -0.489 e. The minimum atomic E-state index is -0.712. The van der Waals surface area contributed by atoms with Crippen LogP contribution in [0.4, 0.5) is 5.69 Å². The van der Waals surface area contributed by atoms with Crippen molar-refractivity contribution in [3.05, 3.63) is 59.1 Å². The van der Waals surface area contributed by atoms with Crippen molar-refractivity contribution in [2.75, 3.05) is 5.32 Å². The van der Waals surface area contributed by atoms with Crippen molar-refractivity contribution in [1.29, 1.82) is 0 Å². The second-order valence-electron chi connectivity index (χ2n) is 6.25. The monoisotopic (exact) mass is 331 g/mol. The Morgan fingerprint density at radius 2 is 1.83 bits per heavy atom. The van der Waals surface area contributed by atoms with Crippen LogP contribution in [0.25, 0.3) is 0 Å². The number of rotatable bonds is 5. The molecule has 0 atom stereocenters. The van der Waals surface area contributed by atoms with Gasteiger partial charge >= 0.3 is 0 Å².